The fraction of sp³-hybridized carbons (Fsp3) is 0.312. The van der Waals surface area contributed by atoms with Crippen molar-refractivity contribution >= 4 is 23.2 Å². The summed E-state index contributed by atoms with van der Waals surface area (Å²) in [4.78, 5) is 14.5. The molecule has 0 radical (unpaired) electrons. The molecule has 19 heavy (non-hydrogen) atoms. The molecule has 0 unspecified atom stereocenters. The van der Waals surface area contributed by atoms with Gasteiger partial charge in [0.05, 0.1) is 5.41 Å². The standard InChI is InChI=1S/C16H18ClNO/c1-3-9-16(10-4-2)11-12-18(15(16)19)14-7-5-13(17)6-8-14/h3-8H,1-2,9-12H2. The lowest BCUT2D eigenvalue weighted by Crippen LogP contribution is -2.34. The molecular weight excluding hydrogens is 258 g/mol. The van der Waals surface area contributed by atoms with Crippen molar-refractivity contribution in [1.29, 1.82) is 0 Å². The maximum absolute atomic E-state index is 12.7. The van der Waals surface area contributed by atoms with Crippen molar-refractivity contribution in [3.63, 3.8) is 0 Å². The van der Waals surface area contributed by atoms with Crippen molar-refractivity contribution in [2.24, 2.45) is 5.41 Å². The monoisotopic (exact) mass is 275 g/mol. The quantitative estimate of drug-likeness (QED) is 0.737. The summed E-state index contributed by atoms with van der Waals surface area (Å²) in [7, 11) is 0. The van der Waals surface area contributed by atoms with Crippen molar-refractivity contribution in [3.05, 3.63) is 54.6 Å². The third kappa shape index (κ3) is 2.59. The molecule has 0 spiro atoms. The SMILES string of the molecule is C=CCC1(CC=C)CCN(c2ccc(Cl)cc2)C1=O. The molecule has 1 aromatic carbocycles. The van der Waals surface area contributed by atoms with E-state index >= 15 is 0 Å². The van der Waals surface area contributed by atoms with Crippen molar-refractivity contribution in [2.45, 2.75) is 19.3 Å². The van der Waals surface area contributed by atoms with Gasteiger partial charge in [0.2, 0.25) is 5.91 Å². The third-order valence-corrected chi connectivity index (χ3v) is 3.97. The average molecular weight is 276 g/mol. The maximum atomic E-state index is 12.7. The number of rotatable bonds is 5. The van der Waals surface area contributed by atoms with Crippen molar-refractivity contribution in [2.75, 3.05) is 11.4 Å². The van der Waals surface area contributed by atoms with Crippen molar-refractivity contribution in [3.8, 4) is 0 Å². The second kappa shape index (κ2) is 5.62. The Bertz CT molecular complexity index is 482. The number of allylic oxidation sites excluding steroid dienone is 2. The van der Waals surface area contributed by atoms with Gasteiger partial charge in [-0.15, -0.1) is 13.2 Å². The van der Waals surface area contributed by atoms with Gasteiger partial charge in [0.15, 0.2) is 0 Å². The maximum Gasteiger partial charge on any atom is 0.233 e. The molecule has 2 rings (SSSR count). The first-order chi connectivity index (χ1) is 9.13. The summed E-state index contributed by atoms with van der Waals surface area (Å²) in [5.74, 6) is 0.162. The van der Waals surface area contributed by atoms with Crippen molar-refractivity contribution in [1.82, 2.24) is 0 Å². The Morgan fingerprint density at radius 3 is 2.32 bits per heavy atom. The zero-order valence-electron chi connectivity index (χ0n) is 10.9. The van der Waals surface area contributed by atoms with E-state index in [-0.39, 0.29) is 11.3 Å². The first kappa shape index (κ1) is 13.9. The minimum absolute atomic E-state index is 0.162. The summed E-state index contributed by atoms with van der Waals surface area (Å²) < 4.78 is 0. The summed E-state index contributed by atoms with van der Waals surface area (Å²) in [6.45, 7) is 8.28. The second-order valence-corrected chi connectivity index (χ2v) is 5.39. The molecule has 0 aliphatic carbocycles. The lowest BCUT2D eigenvalue weighted by molar-refractivity contribution is -0.125. The van der Waals surface area contributed by atoms with Crippen LogP contribution in [0.5, 0.6) is 0 Å². The highest BCUT2D eigenvalue weighted by Crippen LogP contribution is 2.41. The Labute approximate surface area is 119 Å². The van der Waals surface area contributed by atoms with E-state index in [0.29, 0.717) is 17.9 Å². The van der Waals surface area contributed by atoms with Gasteiger partial charge in [-0.05, 0) is 43.5 Å². The molecule has 1 aliphatic rings. The first-order valence-corrected chi connectivity index (χ1v) is 6.80. The predicted octanol–water partition coefficient (Wildman–Crippen LogP) is 4.22. The minimum atomic E-state index is -0.358. The summed E-state index contributed by atoms with van der Waals surface area (Å²) in [5.41, 5.74) is 0.549. The second-order valence-electron chi connectivity index (χ2n) is 4.95. The van der Waals surface area contributed by atoms with Gasteiger partial charge in [-0.2, -0.15) is 0 Å². The predicted molar refractivity (Wildman–Crippen MR) is 80.5 cm³/mol. The Morgan fingerprint density at radius 2 is 1.79 bits per heavy atom. The molecule has 0 bridgehead atoms. The van der Waals surface area contributed by atoms with Crippen LogP contribution in [0.3, 0.4) is 0 Å². The van der Waals surface area contributed by atoms with Gasteiger partial charge in [-0.25, -0.2) is 0 Å². The van der Waals surface area contributed by atoms with Crippen LogP contribution in [-0.4, -0.2) is 12.5 Å². The van der Waals surface area contributed by atoms with E-state index in [1.807, 2.05) is 41.3 Å². The van der Waals surface area contributed by atoms with Gasteiger partial charge in [-0.3, -0.25) is 4.79 Å². The van der Waals surface area contributed by atoms with Crippen LogP contribution in [0, 0.1) is 5.41 Å². The summed E-state index contributed by atoms with van der Waals surface area (Å²) >= 11 is 5.88. The average Bonchev–Trinajstić information content (AvgIpc) is 2.70. The largest absolute Gasteiger partial charge is 0.312 e. The normalized spacial score (nSPS) is 17.5. The van der Waals surface area contributed by atoms with Gasteiger partial charge in [0.1, 0.15) is 0 Å². The molecule has 0 aromatic heterocycles. The molecule has 2 nitrogen and oxygen atoms in total. The Kier molecular flexibility index (Phi) is 4.11. The Morgan fingerprint density at radius 1 is 1.21 bits per heavy atom. The van der Waals surface area contributed by atoms with Crippen LogP contribution >= 0.6 is 11.6 Å². The van der Waals surface area contributed by atoms with Gasteiger partial charge < -0.3 is 4.90 Å². The molecule has 0 saturated carbocycles. The molecule has 1 saturated heterocycles. The number of amides is 1. The zero-order valence-corrected chi connectivity index (χ0v) is 11.7. The van der Waals surface area contributed by atoms with Crippen LogP contribution in [0.2, 0.25) is 5.02 Å². The van der Waals surface area contributed by atoms with Gasteiger partial charge in [-0.1, -0.05) is 23.8 Å². The van der Waals surface area contributed by atoms with Gasteiger partial charge in [0, 0.05) is 17.3 Å². The summed E-state index contributed by atoms with van der Waals surface area (Å²) in [6.07, 6.45) is 5.88. The molecule has 3 heteroatoms. The fourth-order valence-electron chi connectivity index (χ4n) is 2.70. The number of carbonyl (C=O) groups excluding carboxylic acids is 1. The smallest absolute Gasteiger partial charge is 0.233 e. The molecule has 100 valence electrons. The lowest BCUT2D eigenvalue weighted by atomic mass is 9.79. The van der Waals surface area contributed by atoms with Gasteiger partial charge >= 0.3 is 0 Å². The topological polar surface area (TPSA) is 20.3 Å². The summed E-state index contributed by atoms with van der Waals surface area (Å²) in [6, 6.07) is 7.40. The molecular formula is C16H18ClNO. The van der Waals surface area contributed by atoms with Crippen LogP contribution in [-0.2, 0) is 4.79 Å². The van der Waals surface area contributed by atoms with E-state index in [9.17, 15) is 4.79 Å². The Hall–Kier alpha value is -1.54. The number of anilines is 1. The van der Waals surface area contributed by atoms with Crippen molar-refractivity contribution < 1.29 is 4.79 Å². The first-order valence-electron chi connectivity index (χ1n) is 6.42. The van der Waals surface area contributed by atoms with Crippen LogP contribution in [0.4, 0.5) is 5.69 Å². The zero-order chi connectivity index (χ0) is 13.9. The van der Waals surface area contributed by atoms with Crippen LogP contribution in [0.1, 0.15) is 19.3 Å². The van der Waals surface area contributed by atoms with E-state index in [0.717, 1.165) is 18.7 Å². The highest BCUT2D eigenvalue weighted by Gasteiger charge is 2.45. The minimum Gasteiger partial charge on any atom is -0.312 e. The number of carbonyl (C=O) groups is 1. The molecule has 1 amide bonds. The highest BCUT2D eigenvalue weighted by atomic mass is 35.5. The lowest BCUT2D eigenvalue weighted by Gasteiger charge is -2.25. The number of hydrogen-bond acceptors (Lipinski definition) is 1. The van der Waals surface area contributed by atoms with Gasteiger partial charge in [0.25, 0.3) is 0 Å². The third-order valence-electron chi connectivity index (χ3n) is 3.72. The fourth-order valence-corrected chi connectivity index (χ4v) is 2.83. The summed E-state index contributed by atoms with van der Waals surface area (Å²) in [5, 5.41) is 0.679. The highest BCUT2D eigenvalue weighted by molar-refractivity contribution is 6.30. The molecule has 1 fully saturated rings. The number of benzene rings is 1. The van der Waals surface area contributed by atoms with Crippen LogP contribution < -0.4 is 4.90 Å². The number of nitrogens with zero attached hydrogens (tertiary/aromatic N) is 1. The molecule has 0 atom stereocenters. The van der Waals surface area contributed by atoms with Crippen LogP contribution in [0.15, 0.2) is 49.6 Å². The molecule has 1 heterocycles. The molecule has 1 aliphatic heterocycles. The molecule has 0 N–H and O–H groups in total. The van der Waals surface area contributed by atoms with E-state index < -0.39 is 0 Å². The van der Waals surface area contributed by atoms with Crippen LogP contribution in [0.25, 0.3) is 0 Å². The van der Waals surface area contributed by atoms with E-state index in [2.05, 4.69) is 13.2 Å². The molecule has 1 aromatic rings. The number of hydrogen-bond donors (Lipinski definition) is 0. The Balaban J connectivity index is 2.27. The van der Waals surface area contributed by atoms with E-state index in [1.165, 1.54) is 0 Å². The van der Waals surface area contributed by atoms with E-state index in [1.54, 1.807) is 0 Å². The van der Waals surface area contributed by atoms with E-state index in [4.69, 9.17) is 11.6 Å². The number of halogens is 1.